The van der Waals surface area contributed by atoms with Gasteiger partial charge in [0, 0.05) is 12.4 Å². The maximum absolute atomic E-state index is 11.7. The van der Waals surface area contributed by atoms with Gasteiger partial charge in [0.25, 0.3) is 0 Å². The van der Waals surface area contributed by atoms with Crippen molar-refractivity contribution in [3.05, 3.63) is 29.6 Å². The van der Waals surface area contributed by atoms with Gasteiger partial charge in [-0.05, 0) is 6.07 Å². The minimum Gasteiger partial charge on any atom is -0.459 e. The Balaban J connectivity index is 1.58. The normalized spacial score (nSPS) is 23.0. The Bertz CT molecular complexity index is 480. The van der Waals surface area contributed by atoms with Gasteiger partial charge in [0.1, 0.15) is 25.4 Å². The van der Waals surface area contributed by atoms with Crippen molar-refractivity contribution in [2.45, 2.75) is 12.2 Å². The van der Waals surface area contributed by atoms with Crippen LogP contribution in [0.1, 0.15) is 20.7 Å². The molecular formula is C13H13NO6. The first-order chi connectivity index (χ1) is 9.72. The summed E-state index contributed by atoms with van der Waals surface area (Å²) in [4.78, 5) is 27.3. The lowest BCUT2D eigenvalue weighted by atomic mass is 10.2. The summed E-state index contributed by atoms with van der Waals surface area (Å²) in [7, 11) is 0. The third-order valence-corrected chi connectivity index (χ3v) is 2.82. The zero-order valence-corrected chi connectivity index (χ0v) is 10.6. The van der Waals surface area contributed by atoms with Gasteiger partial charge in [0.2, 0.25) is 0 Å². The third kappa shape index (κ3) is 3.52. The van der Waals surface area contributed by atoms with Gasteiger partial charge in [0.15, 0.2) is 0 Å². The molecule has 0 amide bonds. The van der Waals surface area contributed by atoms with E-state index in [9.17, 15) is 9.59 Å². The highest BCUT2D eigenvalue weighted by Crippen LogP contribution is 2.13. The van der Waals surface area contributed by atoms with Crippen LogP contribution in [-0.4, -0.2) is 55.6 Å². The number of rotatable bonds is 6. The molecule has 2 fully saturated rings. The summed E-state index contributed by atoms with van der Waals surface area (Å²) in [5.41, 5.74) is 0.422. The molecule has 20 heavy (non-hydrogen) atoms. The summed E-state index contributed by atoms with van der Waals surface area (Å²) >= 11 is 0. The van der Waals surface area contributed by atoms with Crippen LogP contribution in [0.4, 0.5) is 0 Å². The van der Waals surface area contributed by atoms with Gasteiger partial charge in [-0.25, -0.2) is 9.59 Å². The lowest BCUT2D eigenvalue weighted by Crippen LogP contribution is -2.13. The molecule has 3 rings (SSSR count). The number of nitrogens with zero attached hydrogens (tertiary/aromatic N) is 1. The van der Waals surface area contributed by atoms with E-state index in [0.29, 0.717) is 13.2 Å². The van der Waals surface area contributed by atoms with E-state index in [0.717, 1.165) is 0 Å². The highest BCUT2D eigenvalue weighted by molar-refractivity contribution is 5.94. The van der Waals surface area contributed by atoms with Gasteiger partial charge in [0.05, 0.1) is 24.3 Å². The topological polar surface area (TPSA) is 90.5 Å². The van der Waals surface area contributed by atoms with Crippen molar-refractivity contribution in [2.24, 2.45) is 0 Å². The summed E-state index contributed by atoms with van der Waals surface area (Å²) < 4.78 is 19.9. The Kier molecular flexibility index (Phi) is 3.62. The molecule has 0 aromatic carbocycles. The zero-order valence-electron chi connectivity index (χ0n) is 10.6. The van der Waals surface area contributed by atoms with E-state index in [1.54, 1.807) is 0 Å². The molecule has 1 aromatic rings. The predicted octanol–water partition coefficient (Wildman–Crippen LogP) is 0.193. The number of hydrogen-bond donors (Lipinski definition) is 0. The number of hydrogen-bond acceptors (Lipinski definition) is 7. The molecule has 3 heterocycles. The average Bonchev–Trinajstić information content (AvgIpc) is 3.36. The van der Waals surface area contributed by atoms with E-state index in [4.69, 9.17) is 18.9 Å². The molecule has 0 bridgehead atoms. The van der Waals surface area contributed by atoms with Crippen molar-refractivity contribution in [1.29, 1.82) is 0 Å². The Morgan fingerprint density at radius 1 is 1.05 bits per heavy atom. The fourth-order valence-electron chi connectivity index (χ4n) is 1.50. The van der Waals surface area contributed by atoms with Gasteiger partial charge in [-0.2, -0.15) is 0 Å². The fourth-order valence-corrected chi connectivity index (χ4v) is 1.50. The average molecular weight is 279 g/mol. The largest absolute Gasteiger partial charge is 0.459 e. The Morgan fingerprint density at radius 2 is 1.50 bits per heavy atom. The summed E-state index contributed by atoms with van der Waals surface area (Å²) in [6, 6.07) is 1.40. The monoisotopic (exact) mass is 279 g/mol. The first kappa shape index (κ1) is 13.0. The fraction of sp³-hybridized carbons (Fsp3) is 0.462. The van der Waals surface area contributed by atoms with Crippen LogP contribution in [0.5, 0.6) is 0 Å². The molecule has 7 nitrogen and oxygen atoms in total. The van der Waals surface area contributed by atoms with Crippen LogP contribution in [0.2, 0.25) is 0 Å². The lowest BCUT2D eigenvalue weighted by molar-refractivity contribution is 0.0473. The molecule has 0 saturated carbocycles. The zero-order chi connectivity index (χ0) is 13.9. The van der Waals surface area contributed by atoms with Gasteiger partial charge in [-0.1, -0.05) is 0 Å². The molecule has 1 aromatic heterocycles. The molecule has 2 aliphatic rings. The minimum absolute atomic E-state index is 0.00130. The molecule has 0 aliphatic carbocycles. The number of ether oxygens (including phenoxy) is 4. The predicted molar refractivity (Wildman–Crippen MR) is 64.3 cm³/mol. The van der Waals surface area contributed by atoms with Gasteiger partial charge in [-0.3, -0.25) is 4.98 Å². The smallest absolute Gasteiger partial charge is 0.339 e. The minimum atomic E-state index is -0.534. The van der Waals surface area contributed by atoms with E-state index in [2.05, 4.69) is 4.98 Å². The number of aromatic nitrogens is 1. The highest BCUT2D eigenvalue weighted by Gasteiger charge is 2.26. The van der Waals surface area contributed by atoms with Crippen LogP contribution in [0.3, 0.4) is 0 Å². The Labute approximate surface area is 114 Å². The standard InChI is InChI=1S/C13H13NO6/c15-12(19-6-10-4-17-10)8-1-9(3-14-2-8)13(16)20-7-11-5-18-11/h1-3,10-11H,4-7H2. The second kappa shape index (κ2) is 5.56. The second-order valence-electron chi connectivity index (χ2n) is 4.57. The number of carbonyl (C=O) groups excluding carboxylic acids is 2. The molecule has 2 unspecified atom stereocenters. The van der Waals surface area contributed by atoms with E-state index in [-0.39, 0.29) is 36.5 Å². The van der Waals surface area contributed by atoms with Crippen molar-refractivity contribution in [1.82, 2.24) is 4.98 Å². The van der Waals surface area contributed by atoms with Gasteiger partial charge >= 0.3 is 11.9 Å². The molecular weight excluding hydrogens is 266 g/mol. The molecule has 2 aliphatic heterocycles. The maximum atomic E-state index is 11.7. The number of epoxide rings is 2. The first-order valence-corrected chi connectivity index (χ1v) is 6.25. The number of esters is 2. The number of pyridine rings is 1. The van der Waals surface area contributed by atoms with Crippen LogP contribution >= 0.6 is 0 Å². The summed E-state index contributed by atoms with van der Waals surface area (Å²) in [6.45, 7) is 1.65. The lowest BCUT2D eigenvalue weighted by Gasteiger charge is -2.05. The molecule has 0 N–H and O–H groups in total. The van der Waals surface area contributed by atoms with E-state index in [1.807, 2.05) is 0 Å². The molecule has 7 heteroatoms. The van der Waals surface area contributed by atoms with Crippen molar-refractivity contribution >= 4 is 11.9 Å². The molecule has 106 valence electrons. The second-order valence-corrected chi connectivity index (χ2v) is 4.57. The Hall–Kier alpha value is -1.99. The van der Waals surface area contributed by atoms with E-state index >= 15 is 0 Å². The van der Waals surface area contributed by atoms with Crippen LogP contribution < -0.4 is 0 Å². The van der Waals surface area contributed by atoms with Crippen molar-refractivity contribution in [3.63, 3.8) is 0 Å². The van der Waals surface area contributed by atoms with Crippen molar-refractivity contribution in [3.8, 4) is 0 Å². The maximum Gasteiger partial charge on any atom is 0.339 e. The molecule has 2 atom stereocenters. The molecule has 2 saturated heterocycles. The van der Waals surface area contributed by atoms with Crippen LogP contribution in [0.15, 0.2) is 18.5 Å². The third-order valence-electron chi connectivity index (χ3n) is 2.82. The summed E-state index contributed by atoms with van der Waals surface area (Å²) in [6.07, 6.45) is 2.69. The van der Waals surface area contributed by atoms with Crippen LogP contribution in [0.25, 0.3) is 0 Å². The molecule has 0 spiro atoms. The highest BCUT2D eigenvalue weighted by atomic mass is 16.6. The Morgan fingerprint density at radius 3 is 1.90 bits per heavy atom. The summed E-state index contributed by atoms with van der Waals surface area (Å²) in [5.74, 6) is -1.07. The molecule has 0 radical (unpaired) electrons. The van der Waals surface area contributed by atoms with Crippen LogP contribution in [-0.2, 0) is 18.9 Å². The van der Waals surface area contributed by atoms with Gasteiger partial charge < -0.3 is 18.9 Å². The van der Waals surface area contributed by atoms with Crippen molar-refractivity contribution in [2.75, 3.05) is 26.4 Å². The van der Waals surface area contributed by atoms with E-state index < -0.39 is 11.9 Å². The van der Waals surface area contributed by atoms with Crippen LogP contribution in [0, 0.1) is 0 Å². The number of carbonyl (C=O) groups is 2. The first-order valence-electron chi connectivity index (χ1n) is 6.25. The SMILES string of the molecule is O=C(OCC1CO1)c1cncc(C(=O)OCC2CO2)c1. The summed E-state index contributed by atoms with van der Waals surface area (Å²) in [5, 5.41) is 0. The van der Waals surface area contributed by atoms with E-state index in [1.165, 1.54) is 18.5 Å². The van der Waals surface area contributed by atoms with Crippen molar-refractivity contribution < 1.29 is 28.5 Å². The quantitative estimate of drug-likeness (QED) is 0.542. The van der Waals surface area contributed by atoms with Gasteiger partial charge in [-0.15, -0.1) is 0 Å².